The van der Waals surface area contributed by atoms with E-state index in [1.165, 1.54) is 49.5 Å². The van der Waals surface area contributed by atoms with Crippen molar-refractivity contribution in [1.29, 1.82) is 0 Å². The molecule has 2 aromatic heterocycles. The van der Waals surface area contributed by atoms with Gasteiger partial charge >= 0.3 is 0 Å². The lowest BCUT2D eigenvalue weighted by Gasteiger charge is -2.19. The molecule has 1 aliphatic rings. The predicted molar refractivity (Wildman–Crippen MR) is 91.1 cm³/mol. The molecule has 2 heterocycles. The van der Waals surface area contributed by atoms with Crippen LogP contribution in [0.2, 0.25) is 0 Å². The molecule has 23 heavy (non-hydrogen) atoms. The van der Waals surface area contributed by atoms with Gasteiger partial charge in [-0.1, -0.05) is 43.4 Å². The molecular formula is C16H21N5OS. The van der Waals surface area contributed by atoms with Crippen LogP contribution in [0.4, 0.5) is 5.13 Å². The van der Waals surface area contributed by atoms with E-state index in [1.807, 2.05) is 13.2 Å². The first kappa shape index (κ1) is 15.9. The molecule has 1 aliphatic carbocycles. The van der Waals surface area contributed by atoms with Crippen LogP contribution in [0.3, 0.4) is 0 Å². The molecule has 1 fully saturated rings. The lowest BCUT2D eigenvalue weighted by atomic mass is 9.87. The maximum absolute atomic E-state index is 11.9. The van der Waals surface area contributed by atoms with E-state index in [0.717, 1.165) is 22.9 Å². The Labute approximate surface area is 139 Å². The third-order valence-corrected chi connectivity index (χ3v) is 4.90. The number of aromatic nitrogens is 4. The minimum Gasteiger partial charge on any atom is -0.297 e. The summed E-state index contributed by atoms with van der Waals surface area (Å²) in [4.78, 5) is 11.9. The van der Waals surface area contributed by atoms with Crippen LogP contribution in [0.1, 0.15) is 42.7 Å². The molecule has 0 saturated heterocycles. The Kier molecular flexibility index (Phi) is 5.17. The highest BCUT2D eigenvalue weighted by Crippen LogP contribution is 2.28. The minimum atomic E-state index is -0.200. The number of nitrogens with zero attached hydrogens (tertiary/aromatic N) is 4. The Morgan fingerprint density at radius 2 is 2.22 bits per heavy atom. The molecule has 6 nitrogen and oxygen atoms in total. The summed E-state index contributed by atoms with van der Waals surface area (Å²) in [5.74, 6) is 0.528. The Morgan fingerprint density at radius 1 is 1.39 bits per heavy atom. The highest BCUT2D eigenvalue weighted by atomic mass is 32.1. The molecule has 122 valence electrons. The van der Waals surface area contributed by atoms with Gasteiger partial charge in [-0.25, -0.2) is 0 Å². The fraction of sp³-hybridized carbons (Fsp3) is 0.500. The molecule has 0 spiro atoms. The van der Waals surface area contributed by atoms with Gasteiger partial charge in [-0.05, 0) is 12.0 Å². The first-order valence-corrected chi connectivity index (χ1v) is 8.81. The van der Waals surface area contributed by atoms with E-state index in [1.54, 1.807) is 17.0 Å². The monoisotopic (exact) mass is 331 g/mol. The zero-order chi connectivity index (χ0) is 16.1. The second-order valence-corrected chi connectivity index (χ2v) is 7.04. The SMILES string of the molecule is Cn1cc(C=CC(=O)Nc2nnc(CC3CCCCC3)s2)cn1. The van der Waals surface area contributed by atoms with Gasteiger partial charge in [-0.2, -0.15) is 5.10 Å². The van der Waals surface area contributed by atoms with E-state index >= 15 is 0 Å². The number of rotatable bonds is 5. The fourth-order valence-electron chi connectivity index (χ4n) is 2.87. The summed E-state index contributed by atoms with van der Waals surface area (Å²) >= 11 is 1.48. The summed E-state index contributed by atoms with van der Waals surface area (Å²) in [7, 11) is 1.84. The maximum atomic E-state index is 11.9. The predicted octanol–water partition coefficient (Wildman–Crippen LogP) is 3.05. The number of carbonyl (C=O) groups is 1. The summed E-state index contributed by atoms with van der Waals surface area (Å²) in [5.41, 5.74) is 0.887. The molecule has 0 aliphatic heterocycles. The molecule has 7 heteroatoms. The molecular weight excluding hydrogens is 310 g/mol. The molecule has 0 atom stereocenters. The van der Waals surface area contributed by atoms with E-state index in [9.17, 15) is 4.79 Å². The molecule has 1 amide bonds. The van der Waals surface area contributed by atoms with Crippen LogP contribution in [0, 0.1) is 5.92 Å². The van der Waals surface area contributed by atoms with Gasteiger partial charge in [0.15, 0.2) is 0 Å². The smallest absolute Gasteiger partial charge is 0.250 e. The topological polar surface area (TPSA) is 72.7 Å². The summed E-state index contributed by atoms with van der Waals surface area (Å²) in [6.07, 6.45) is 14.3. The van der Waals surface area contributed by atoms with Crippen molar-refractivity contribution in [3.05, 3.63) is 29.0 Å². The Morgan fingerprint density at radius 3 is 2.96 bits per heavy atom. The lowest BCUT2D eigenvalue weighted by Crippen LogP contribution is -2.08. The fourth-order valence-corrected chi connectivity index (χ4v) is 3.73. The number of anilines is 1. The number of hydrogen-bond donors (Lipinski definition) is 1. The average molecular weight is 331 g/mol. The zero-order valence-electron chi connectivity index (χ0n) is 13.2. The summed E-state index contributed by atoms with van der Waals surface area (Å²) in [5, 5.41) is 16.7. The number of nitrogens with one attached hydrogen (secondary N) is 1. The standard InChI is InChI=1S/C16H21N5OS/c1-21-11-13(10-17-21)7-8-14(22)18-16-20-19-15(23-16)9-12-5-3-2-4-6-12/h7-8,10-12H,2-6,9H2,1H3,(H,18,20,22). The highest BCUT2D eigenvalue weighted by Gasteiger charge is 2.16. The van der Waals surface area contributed by atoms with Crippen LogP contribution in [0.25, 0.3) is 6.08 Å². The van der Waals surface area contributed by atoms with Gasteiger partial charge in [0.25, 0.3) is 0 Å². The highest BCUT2D eigenvalue weighted by molar-refractivity contribution is 7.15. The molecule has 0 radical (unpaired) electrons. The number of carbonyl (C=O) groups excluding carboxylic acids is 1. The van der Waals surface area contributed by atoms with Gasteiger partial charge in [-0.15, -0.1) is 10.2 Å². The van der Waals surface area contributed by atoms with Crippen LogP contribution in [0.15, 0.2) is 18.5 Å². The molecule has 0 unspecified atom stereocenters. The second kappa shape index (κ2) is 7.50. The van der Waals surface area contributed by atoms with Crippen LogP contribution in [0.5, 0.6) is 0 Å². The van der Waals surface area contributed by atoms with Crippen LogP contribution >= 0.6 is 11.3 Å². The van der Waals surface area contributed by atoms with Gasteiger partial charge in [0, 0.05) is 31.3 Å². The second-order valence-electron chi connectivity index (χ2n) is 5.98. The van der Waals surface area contributed by atoms with Crippen molar-refractivity contribution in [3.63, 3.8) is 0 Å². The van der Waals surface area contributed by atoms with Gasteiger partial charge in [0.05, 0.1) is 6.20 Å². The van der Waals surface area contributed by atoms with Gasteiger partial charge in [-0.3, -0.25) is 14.8 Å². The molecule has 1 N–H and O–H groups in total. The zero-order valence-corrected chi connectivity index (χ0v) is 14.1. The normalized spacial score (nSPS) is 16.0. The third-order valence-electron chi connectivity index (χ3n) is 4.04. The molecule has 2 aromatic rings. The van der Waals surface area contributed by atoms with Crippen molar-refractivity contribution in [2.45, 2.75) is 38.5 Å². The Bertz CT molecular complexity index is 684. The third kappa shape index (κ3) is 4.72. The van der Waals surface area contributed by atoms with E-state index in [0.29, 0.717) is 5.13 Å². The van der Waals surface area contributed by atoms with Gasteiger partial charge in [0.2, 0.25) is 11.0 Å². The first-order chi connectivity index (χ1) is 11.2. The first-order valence-electron chi connectivity index (χ1n) is 7.99. The number of amides is 1. The molecule has 0 aromatic carbocycles. The largest absolute Gasteiger partial charge is 0.297 e. The van der Waals surface area contributed by atoms with Crippen molar-refractivity contribution >= 4 is 28.5 Å². The molecule has 1 saturated carbocycles. The average Bonchev–Trinajstić information content (AvgIpc) is 3.15. The van der Waals surface area contributed by atoms with Crippen molar-refractivity contribution < 1.29 is 4.79 Å². The minimum absolute atomic E-state index is 0.200. The summed E-state index contributed by atoms with van der Waals surface area (Å²) in [6.45, 7) is 0. The van der Waals surface area contributed by atoms with Gasteiger partial charge < -0.3 is 0 Å². The van der Waals surface area contributed by atoms with Crippen molar-refractivity contribution in [1.82, 2.24) is 20.0 Å². The molecule has 3 rings (SSSR count). The summed E-state index contributed by atoms with van der Waals surface area (Å²) < 4.78 is 1.69. The van der Waals surface area contributed by atoms with E-state index < -0.39 is 0 Å². The quantitative estimate of drug-likeness (QED) is 0.855. The van der Waals surface area contributed by atoms with Crippen molar-refractivity contribution in [2.24, 2.45) is 13.0 Å². The maximum Gasteiger partial charge on any atom is 0.250 e. The van der Waals surface area contributed by atoms with Crippen LogP contribution in [-0.4, -0.2) is 25.9 Å². The van der Waals surface area contributed by atoms with Crippen LogP contribution < -0.4 is 5.32 Å². The van der Waals surface area contributed by atoms with Crippen molar-refractivity contribution in [2.75, 3.05) is 5.32 Å². The van der Waals surface area contributed by atoms with Gasteiger partial charge in [0.1, 0.15) is 5.01 Å². The summed E-state index contributed by atoms with van der Waals surface area (Å²) in [6, 6.07) is 0. The van der Waals surface area contributed by atoms with E-state index in [4.69, 9.17) is 0 Å². The lowest BCUT2D eigenvalue weighted by molar-refractivity contribution is -0.111. The van der Waals surface area contributed by atoms with Crippen molar-refractivity contribution in [3.8, 4) is 0 Å². The van der Waals surface area contributed by atoms with Crippen LogP contribution in [-0.2, 0) is 18.3 Å². The Hall–Kier alpha value is -2.02. The number of hydrogen-bond acceptors (Lipinski definition) is 5. The Balaban J connectivity index is 1.51. The molecule has 0 bridgehead atoms. The van der Waals surface area contributed by atoms with E-state index in [2.05, 4.69) is 20.6 Å². The number of aryl methyl sites for hydroxylation is 1. The van der Waals surface area contributed by atoms with E-state index in [-0.39, 0.29) is 5.91 Å².